The molecule has 2 heteroatoms. The maximum atomic E-state index is 4.06. The highest BCUT2D eigenvalue weighted by Crippen LogP contribution is 2.00. The number of nitrogens with one attached hydrogen (secondary N) is 1. The highest BCUT2D eigenvalue weighted by atomic mass is 14.8. The van der Waals surface area contributed by atoms with Gasteiger partial charge < -0.3 is 5.32 Å². The first-order valence-electron chi connectivity index (χ1n) is 4.75. The van der Waals surface area contributed by atoms with Crippen LogP contribution in [0, 0.1) is 0 Å². The minimum absolute atomic E-state index is 0.874. The van der Waals surface area contributed by atoms with Gasteiger partial charge in [-0.1, -0.05) is 6.07 Å². The summed E-state index contributed by atoms with van der Waals surface area (Å²) in [7, 11) is 0. The molecule has 0 aliphatic heterocycles. The van der Waals surface area contributed by atoms with Gasteiger partial charge in [0.1, 0.15) is 0 Å². The average Bonchev–Trinajstić information content (AvgIpc) is 2.72. The third-order valence-electron chi connectivity index (χ3n) is 2.11. The number of pyridine rings is 1. The standard InChI is InChI=1S/C12H13N2/c1-2-5-11(4-1)8-14-10-12-6-3-7-13-9-12/h1-7,9,14H,8,10H2/q-1. The van der Waals surface area contributed by atoms with E-state index in [1.165, 1.54) is 11.1 Å². The van der Waals surface area contributed by atoms with Gasteiger partial charge in [-0.15, -0.1) is 0 Å². The van der Waals surface area contributed by atoms with Crippen LogP contribution < -0.4 is 5.32 Å². The normalized spacial score (nSPS) is 10.3. The molecule has 14 heavy (non-hydrogen) atoms. The van der Waals surface area contributed by atoms with Crippen LogP contribution in [-0.2, 0) is 13.1 Å². The minimum Gasteiger partial charge on any atom is -0.321 e. The van der Waals surface area contributed by atoms with E-state index in [4.69, 9.17) is 0 Å². The summed E-state index contributed by atoms with van der Waals surface area (Å²) in [6.07, 6.45) is 3.68. The minimum atomic E-state index is 0.874. The van der Waals surface area contributed by atoms with E-state index in [2.05, 4.69) is 40.6 Å². The highest BCUT2D eigenvalue weighted by molar-refractivity contribution is 5.16. The molecule has 1 aromatic carbocycles. The van der Waals surface area contributed by atoms with E-state index in [0.717, 1.165) is 13.1 Å². The molecule has 2 aromatic rings. The molecule has 0 fully saturated rings. The molecule has 0 saturated carbocycles. The maximum Gasteiger partial charge on any atom is 0.0312 e. The van der Waals surface area contributed by atoms with E-state index in [1.807, 2.05) is 12.3 Å². The quantitative estimate of drug-likeness (QED) is 0.738. The molecule has 1 N–H and O–H groups in total. The van der Waals surface area contributed by atoms with Gasteiger partial charge in [0, 0.05) is 18.9 Å². The van der Waals surface area contributed by atoms with E-state index < -0.39 is 0 Å². The Hall–Kier alpha value is -1.54. The molecule has 0 aliphatic carbocycles. The first-order chi connectivity index (χ1) is 6.95. The molecule has 72 valence electrons. The Morgan fingerprint density at radius 1 is 1.21 bits per heavy atom. The average molecular weight is 185 g/mol. The van der Waals surface area contributed by atoms with Crippen LogP contribution >= 0.6 is 0 Å². The molecule has 0 saturated heterocycles. The first-order valence-corrected chi connectivity index (χ1v) is 4.75. The van der Waals surface area contributed by atoms with E-state index >= 15 is 0 Å². The second-order valence-electron chi connectivity index (χ2n) is 3.26. The van der Waals surface area contributed by atoms with Crippen molar-refractivity contribution in [3.8, 4) is 0 Å². The van der Waals surface area contributed by atoms with Gasteiger partial charge in [-0.25, -0.2) is 6.07 Å². The lowest BCUT2D eigenvalue weighted by Gasteiger charge is -2.06. The summed E-state index contributed by atoms with van der Waals surface area (Å²) in [6.45, 7) is 1.79. The summed E-state index contributed by atoms with van der Waals surface area (Å²) in [6, 6.07) is 12.4. The first kappa shape index (κ1) is 9.03. The summed E-state index contributed by atoms with van der Waals surface area (Å²) < 4.78 is 0. The molecule has 1 aromatic heterocycles. The molecule has 0 spiro atoms. The van der Waals surface area contributed by atoms with Gasteiger partial charge in [0.2, 0.25) is 0 Å². The van der Waals surface area contributed by atoms with Gasteiger partial charge in [0.15, 0.2) is 0 Å². The fraction of sp³-hybridized carbons (Fsp3) is 0.167. The van der Waals surface area contributed by atoms with Crippen LogP contribution in [0.1, 0.15) is 11.1 Å². The van der Waals surface area contributed by atoms with Crippen LogP contribution in [0.4, 0.5) is 0 Å². The fourth-order valence-electron chi connectivity index (χ4n) is 1.39. The molecule has 0 aliphatic rings. The SMILES string of the molecule is c1cncc(CNCc2cc[cH-]c2)c1. The predicted molar refractivity (Wildman–Crippen MR) is 56.8 cm³/mol. The third-order valence-corrected chi connectivity index (χ3v) is 2.11. The summed E-state index contributed by atoms with van der Waals surface area (Å²) in [5.74, 6) is 0. The van der Waals surface area contributed by atoms with Crippen LogP contribution in [0.5, 0.6) is 0 Å². The number of hydrogen-bond donors (Lipinski definition) is 1. The molecular formula is C12H13N2-. The van der Waals surface area contributed by atoms with Crippen LogP contribution in [0.2, 0.25) is 0 Å². The lowest BCUT2D eigenvalue weighted by atomic mass is 10.2. The Morgan fingerprint density at radius 3 is 2.86 bits per heavy atom. The Morgan fingerprint density at radius 2 is 2.14 bits per heavy atom. The van der Waals surface area contributed by atoms with Crippen LogP contribution in [0.15, 0.2) is 48.8 Å². The molecule has 2 rings (SSSR count). The molecule has 0 unspecified atom stereocenters. The van der Waals surface area contributed by atoms with E-state index in [1.54, 1.807) is 6.20 Å². The lowest BCUT2D eigenvalue weighted by Crippen LogP contribution is -2.12. The van der Waals surface area contributed by atoms with Crippen LogP contribution in [0.25, 0.3) is 0 Å². The molecule has 0 bridgehead atoms. The Kier molecular flexibility index (Phi) is 2.99. The second-order valence-corrected chi connectivity index (χ2v) is 3.26. The molecular weight excluding hydrogens is 172 g/mol. The number of rotatable bonds is 4. The van der Waals surface area contributed by atoms with E-state index in [9.17, 15) is 0 Å². The maximum absolute atomic E-state index is 4.06. The van der Waals surface area contributed by atoms with Crippen LogP contribution in [-0.4, -0.2) is 4.98 Å². The number of nitrogens with zero attached hydrogens (tertiary/aromatic N) is 1. The van der Waals surface area contributed by atoms with Crippen molar-refractivity contribution in [1.82, 2.24) is 10.3 Å². The van der Waals surface area contributed by atoms with Crippen molar-refractivity contribution in [2.75, 3.05) is 0 Å². The van der Waals surface area contributed by atoms with Crippen molar-refractivity contribution in [1.29, 1.82) is 0 Å². The summed E-state index contributed by atoms with van der Waals surface area (Å²) in [5.41, 5.74) is 2.55. The van der Waals surface area contributed by atoms with Gasteiger partial charge in [-0.05, 0) is 18.2 Å². The Labute approximate surface area is 84.0 Å². The summed E-state index contributed by atoms with van der Waals surface area (Å²) >= 11 is 0. The van der Waals surface area contributed by atoms with Gasteiger partial charge in [0.05, 0.1) is 0 Å². The van der Waals surface area contributed by atoms with Gasteiger partial charge >= 0.3 is 0 Å². The predicted octanol–water partition coefficient (Wildman–Crippen LogP) is 2.09. The van der Waals surface area contributed by atoms with Crippen molar-refractivity contribution in [2.24, 2.45) is 0 Å². The zero-order valence-electron chi connectivity index (χ0n) is 7.98. The Bertz CT molecular complexity index is 351. The number of aromatic nitrogens is 1. The van der Waals surface area contributed by atoms with Crippen molar-refractivity contribution in [2.45, 2.75) is 13.1 Å². The monoisotopic (exact) mass is 185 g/mol. The van der Waals surface area contributed by atoms with E-state index in [-0.39, 0.29) is 0 Å². The van der Waals surface area contributed by atoms with Gasteiger partial charge in [0.25, 0.3) is 0 Å². The summed E-state index contributed by atoms with van der Waals surface area (Å²) in [4.78, 5) is 4.06. The third kappa shape index (κ3) is 2.47. The molecule has 0 radical (unpaired) electrons. The van der Waals surface area contributed by atoms with Crippen molar-refractivity contribution in [3.63, 3.8) is 0 Å². The highest BCUT2D eigenvalue weighted by Gasteiger charge is 1.89. The lowest BCUT2D eigenvalue weighted by molar-refractivity contribution is 0.692. The smallest absolute Gasteiger partial charge is 0.0312 e. The van der Waals surface area contributed by atoms with Gasteiger partial charge in [-0.3, -0.25) is 4.98 Å². The van der Waals surface area contributed by atoms with Crippen molar-refractivity contribution >= 4 is 0 Å². The van der Waals surface area contributed by atoms with Crippen molar-refractivity contribution < 1.29 is 0 Å². The molecule has 0 atom stereocenters. The zero-order chi connectivity index (χ0) is 9.64. The number of hydrogen-bond acceptors (Lipinski definition) is 2. The Balaban J connectivity index is 1.79. The molecule has 1 heterocycles. The summed E-state index contributed by atoms with van der Waals surface area (Å²) in [5, 5.41) is 3.36. The molecule has 2 nitrogen and oxygen atoms in total. The second kappa shape index (κ2) is 4.63. The van der Waals surface area contributed by atoms with E-state index in [0.29, 0.717) is 0 Å². The largest absolute Gasteiger partial charge is 0.321 e. The van der Waals surface area contributed by atoms with Crippen molar-refractivity contribution in [3.05, 3.63) is 59.9 Å². The van der Waals surface area contributed by atoms with Gasteiger partial charge in [-0.2, -0.15) is 23.8 Å². The molecule has 0 amide bonds. The zero-order valence-corrected chi connectivity index (χ0v) is 7.98. The fourth-order valence-corrected chi connectivity index (χ4v) is 1.39. The van der Waals surface area contributed by atoms with Crippen LogP contribution in [0.3, 0.4) is 0 Å². The topological polar surface area (TPSA) is 24.9 Å².